The maximum atomic E-state index is 3.93. The molecule has 0 aromatic rings. The first-order chi connectivity index (χ1) is 7.13. The summed E-state index contributed by atoms with van der Waals surface area (Å²) in [7, 11) is 1.15. The molecule has 0 saturated heterocycles. The predicted molar refractivity (Wildman–Crippen MR) is 75.4 cm³/mol. The van der Waals surface area contributed by atoms with Gasteiger partial charge in [0.2, 0.25) is 0 Å². The van der Waals surface area contributed by atoms with Gasteiger partial charge in [-0.15, -0.1) is 21.7 Å². The lowest BCUT2D eigenvalue weighted by Gasteiger charge is -2.02. The molecule has 0 aliphatic heterocycles. The van der Waals surface area contributed by atoms with Gasteiger partial charge in [0.15, 0.2) is 0 Å². The number of rotatable bonds is 10. The molecular formula is C14H27P. The van der Waals surface area contributed by atoms with Crippen LogP contribution in [0.3, 0.4) is 0 Å². The first kappa shape index (κ1) is 14.9. The minimum atomic E-state index is 1.15. The van der Waals surface area contributed by atoms with Gasteiger partial charge in [-0.3, -0.25) is 0 Å². The van der Waals surface area contributed by atoms with E-state index in [9.17, 15) is 0 Å². The van der Waals surface area contributed by atoms with Crippen molar-refractivity contribution in [1.29, 1.82) is 0 Å². The van der Waals surface area contributed by atoms with Crippen molar-refractivity contribution in [3.63, 3.8) is 0 Å². The highest BCUT2D eigenvalue weighted by Crippen LogP contribution is 2.17. The number of hydrogen-bond acceptors (Lipinski definition) is 0. The van der Waals surface area contributed by atoms with E-state index in [0.29, 0.717) is 0 Å². The summed E-state index contributed by atoms with van der Waals surface area (Å²) in [6.07, 6.45) is 10.8. The number of allylic oxidation sites excluding steroid dienone is 2. The van der Waals surface area contributed by atoms with Crippen molar-refractivity contribution in [2.75, 3.05) is 12.3 Å². The average molecular weight is 226 g/mol. The van der Waals surface area contributed by atoms with Crippen LogP contribution in [0.15, 0.2) is 24.3 Å². The molecule has 1 atom stereocenters. The Morgan fingerprint density at radius 2 is 1.40 bits per heavy atom. The van der Waals surface area contributed by atoms with Crippen LogP contribution >= 0.6 is 8.58 Å². The maximum absolute atomic E-state index is 3.93. The molecule has 0 radical (unpaired) electrons. The fourth-order valence-electron chi connectivity index (χ4n) is 1.46. The molecule has 0 bridgehead atoms. The third-order valence-corrected chi connectivity index (χ3v) is 3.75. The fourth-order valence-corrected chi connectivity index (χ4v) is 2.81. The molecule has 0 saturated carbocycles. The van der Waals surface area contributed by atoms with Gasteiger partial charge in [-0.25, -0.2) is 0 Å². The van der Waals surface area contributed by atoms with Crippen molar-refractivity contribution in [2.45, 2.75) is 52.4 Å². The van der Waals surface area contributed by atoms with Crippen molar-refractivity contribution in [1.82, 2.24) is 0 Å². The van der Waals surface area contributed by atoms with Crippen LogP contribution in [-0.4, -0.2) is 12.3 Å². The topological polar surface area (TPSA) is 0 Å². The SMILES string of the molecule is C=C(C)CCCCCCPCCC(=C)C. The second kappa shape index (κ2) is 10.4. The summed E-state index contributed by atoms with van der Waals surface area (Å²) in [5.74, 6) is 0. The predicted octanol–water partition coefficient (Wildman–Crippen LogP) is 5.16. The summed E-state index contributed by atoms with van der Waals surface area (Å²) in [5.41, 5.74) is 2.67. The Bertz CT molecular complexity index is 162. The number of unbranched alkanes of at least 4 members (excludes halogenated alkanes) is 3. The first-order valence-corrected chi connectivity index (χ1v) is 7.54. The Morgan fingerprint density at radius 3 is 2.00 bits per heavy atom. The largest absolute Gasteiger partial charge is 0.122 e. The van der Waals surface area contributed by atoms with E-state index in [1.54, 1.807) is 0 Å². The summed E-state index contributed by atoms with van der Waals surface area (Å²) < 4.78 is 0. The molecule has 15 heavy (non-hydrogen) atoms. The molecule has 0 aliphatic carbocycles. The molecule has 0 aromatic carbocycles. The standard InChI is InChI=1S/C14H27P/c1-13(2)9-7-5-6-8-11-15-12-10-14(3)4/h15H,1,3,5-12H2,2,4H3. The Hall–Kier alpha value is -0.0900. The Labute approximate surface area is 98.0 Å². The Kier molecular flexibility index (Phi) is 10.4. The first-order valence-electron chi connectivity index (χ1n) is 6.12. The van der Waals surface area contributed by atoms with Crippen LogP contribution in [0.2, 0.25) is 0 Å². The van der Waals surface area contributed by atoms with Gasteiger partial charge in [-0.1, -0.05) is 24.0 Å². The third-order valence-electron chi connectivity index (χ3n) is 2.44. The van der Waals surface area contributed by atoms with E-state index in [1.165, 1.54) is 62.0 Å². The highest BCUT2D eigenvalue weighted by molar-refractivity contribution is 7.37. The minimum Gasteiger partial charge on any atom is -0.122 e. The van der Waals surface area contributed by atoms with Gasteiger partial charge in [0.25, 0.3) is 0 Å². The second-order valence-electron chi connectivity index (χ2n) is 4.58. The Morgan fingerprint density at radius 1 is 0.800 bits per heavy atom. The lowest BCUT2D eigenvalue weighted by molar-refractivity contribution is 0.667. The zero-order valence-electron chi connectivity index (χ0n) is 10.6. The Balaban J connectivity index is 2.99. The summed E-state index contributed by atoms with van der Waals surface area (Å²) in [6.45, 7) is 12.1. The molecule has 0 nitrogen and oxygen atoms in total. The van der Waals surface area contributed by atoms with Crippen LogP contribution < -0.4 is 0 Å². The summed E-state index contributed by atoms with van der Waals surface area (Å²) in [4.78, 5) is 0. The molecule has 0 aliphatic rings. The van der Waals surface area contributed by atoms with Gasteiger partial charge in [-0.2, -0.15) is 0 Å². The molecule has 0 amide bonds. The quantitative estimate of drug-likeness (QED) is 0.274. The lowest BCUT2D eigenvalue weighted by Crippen LogP contribution is -1.84. The fraction of sp³-hybridized carbons (Fsp3) is 0.714. The van der Waals surface area contributed by atoms with E-state index in [2.05, 4.69) is 27.0 Å². The highest BCUT2D eigenvalue weighted by atomic mass is 31.1. The van der Waals surface area contributed by atoms with Crippen LogP contribution in [0.4, 0.5) is 0 Å². The molecular weight excluding hydrogens is 199 g/mol. The second-order valence-corrected chi connectivity index (χ2v) is 6.08. The maximum Gasteiger partial charge on any atom is -0.0289 e. The summed E-state index contributed by atoms with van der Waals surface area (Å²) in [5, 5.41) is 0. The van der Waals surface area contributed by atoms with Crippen molar-refractivity contribution < 1.29 is 0 Å². The molecule has 0 aromatic heterocycles. The molecule has 0 N–H and O–H groups in total. The van der Waals surface area contributed by atoms with Gasteiger partial charge in [0, 0.05) is 0 Å². The third kappa shape index (κ3) is 13.9. The molecule has 0 fully saturated rings. The van der Waals surface area contributed by atoms with Crippen LogP contribution in [-0.2, 0) is 0 Å². The van der Waals surface area contributed by atoms with Gasteiger partial charge in [0.1, 0.15) is 0 Å². The number of hydrogen-bond donors (Lipinski definition) is 0. The van der Waals surface area contributed by atoms with E-state index < -0.39 is 0 Å². The summed E-state index contributed by atoms with van der Waals surface area (Å²) >= 11 is 0. The summed E-state index contributed by atoms with van der Waals surface area (Å²) in [6, 6.07) is 0. The van der Waals surface area contributed by atoms with Gasteiger partial charge < -0.3 is 0 Å². The lowest BCUT2D eigenvalue weighted by atomic mass is 10.1. The van der Waals surface area contributed by atoms with Crippen molar-refractivity contribution in [3.8, 4) is 0 Å². The molecule has 0 rings (SSSR count). The molecule has 0 spiro atoms. The van der Waals surface area contributed by atoms with E-state index in [4.69, 9.17) is 0 Å². The molecule has 1 unspecified atom stereocenters. The van der Waals surface area contributed by atoms with Gasteiger partial charge >= 0.3 is 0 Å². The highest BCUT2D eigenvalue weighted by Gasteiger charge is 1.92. The molecule has 1 heteroatoms. The monoisotopic (exact) mass is 226 g/mol. The average Bonchev–Trinajstić information content (AvgIpc) is 2.14. The van der Waals surface area contributed by atoms with E-state index in [-0.39, 0.29) is 0 Å². The van der Waals surface area contributed by atoms with Crippen LogP contribution in [0.5, 0.6) is 0 Å². The zero-order valence-corrected chi connectivity index (χ0v) is 11.6. The van der Waals surface area contributed by atoms with E-state index in [0.717, 1.165) is 8.58 Å². The van der Waals surface area contributed by atoms with Crippen molar-refractivity contribution >= 4 is 8.58 Å². The van der Waals surface area contributed by atoms with Crippen LogP contribution in [0.1, 0.15) is 52.4 Å². The van der Waals surface area contributed by atoms with Gasteiger partial charge in [-0.05, 0) is 51.9 Å². The molecule has 88 valence electrons. The normalized spacial score (nSPS) is 11.1. The zero-order chi connectivity index (χ0) is 11.5. The van der Waals surface area contributed by atoms with Gasteiger partial charge in [0.05, 0.1) is 0 Å². The minimum absolute atomic E-state index is 1.15. The van der Waals surface area contributed by atoms with Crippen LogP contribution in [0, 0.1) is 0 Å². The van der Waals surface area contributed by atoms with Crippen molar-refractivity contribution in [3.05, 3.63) is 24.3 Å². The van der Waals surface area contributed by atoms with Crippen molar-refractivity contribution in [2.24, 2.45) is 0 Å². The molecule has 0 heterocycles. The van der Waals surface area contributed by atoms with E-state index >= 15 is 0 Å². The van der Waals surface area contributed by atoms with E-state index in [1.807, 2.05) is 0 Å². The van der Waals surface area contributed by atoms with Crippen LogP contribution in [0.25, 0.3) is 0 Å². The smallest absolute Gasteiger partial charge is 0.0289 e.